The summed E-state index contributed by atoms with van der Waals surface area (Å²) in [6.07, 6.45) is 2.61. The van der Waals surface area contributed by atoms with E-state index >= 15 is 0 Å². The Bertz CT molecular complexity index is 435. The van der Waals surface area contributed by atoms with Crippen LogP contribution in [0.4, 0.5) is 5.69 Å². The molecule has 0 atom stereocenters. The van der Waals surface area contributed by atoms with Crippen LogP contribution in [0.3, 0.4) is 0 Å². The maximum atomic E-state index is 11.9. The van der Waals surface area contributed by atoms with Crippen LogP contribution in [0.5, 0.6) is 0 Å². The molecule has 98 valence electrons. The average Bonchev–Trinajstić information content (AvgIpc) is 2.30. The van der Waals surface area contributed by atoms with Gasteiger partial charge in [0.15, 0.2) is 0 Å². The van der Waals surface area contributed by atoms with Gasteiger partial charge in [-0.1, -0.05) is 45.9 Å². The molecule has 0 saturated heterocycles. The highest BCUT2D eigenvalue weighted by molar-refractivity contribution is 6.03. The van der Waals surface area contributed by atoms with Crippen molar-refractivity contribution in [2.24, 2.45) is 0 Å². The SMILES string of the molecule is C/C=C(\CC)C(=O)Nc1ccc(C(C)(C)C)cc1. The summed E-state index contributed by atoms with van der Waals surface area (Å²) >= 11 is 0. The Morgan fingerprint density at radius 1 is 1.22 bits per heavy atom. The fourth-order valence-corrected chi connectivity index (χ4v) is 1.76. The summed E-state index contributed by atoms with van der Waals surface area (Å²) in [5, 5.41) is 2.92. The molecule has 0 unspecified atom stereocenters. The van der Waals surface area contributed by atoms with E-state index in [1.807, 2.05) is 32.1 Å². The molecule has 0 saturated carbocycles. The number of anilines is 1. The summed E-state index contributed by atoms with van der Waals surface area (Å²) in [5.41, 5.74) is 3.07. The van der Waals surface area contributed by atoms with Gasteiger partial charge >= 0.3 is 0 Å². The second kappa shape index (κ2) is 5.85. The first kappa shape index (κ1) is 14.5. The van der Waals surface area contributed by atoms with Crippen molar-refractivity contribution in [3.63, 3.8) is 0 Å². The van der Waals surface area contributed by atoms with Crippen molar-refractivity contribution in [2.75, 3.05) is 5.32 Å². The van der Waals surface area contributed by atoms with Crippen LogP contribution in [0, 0.1) is 0 Å². The van der Waals surface area contributed by atoms with E-state index in [0.29, 0.717) is 0 Å². The number of carbonyl (C=O) groups excluding carboxylic acids is 1. The topological polar surface area (TPSA) is 29.1 Å². The van der Waals surface area contributed by atoms with E-state index < -0.39 is 0 Å². The second-order valence-electron chi connectivity index (χ2n) is 5.45. The van der Waals surface area contributed by atoms with Gasteiger partial charge in [-0.15, -0.1) is 0 Å². The number of benzene rings is 1. The van der Waals surface area contributed by atoms with Crippen LogP contribution in [0.25, 0.3) is 0 Å². The van der Waals surface area contributed by atoms with Gasteiger partial charge in [-0.3, -0.25) is 4.79 Å². The highest BCUT2D eigenvalue weighted by Crippen LogP contribution is 2.23. The van der Waals surface area contributed by atoms with E-state index in [9.17, 15) is 4.79 Å². The second-order valence-corrected chi connectivity index (χ2v) is 5.45. The summed E-state index contributed by atoms with van der Waals surface area (Å²) in [6, 6.07) is 8.05. The van der Waals surface area contributed by atoms with Gasteiger partial charge in [-0.05, 0) is 36.5 Å². The Balaban J connectivity index is 2.79. The molecular formula is C16H23NO. The summed E-state index contributed by atoms with van der Waals surface area (Å²) in [5.74, 6) is -0.0106. The number of allylic oxidation sites excluding steroid dienone is 1. The number of nitrogens with one attached hydrogen (secondary N) is 1. The van der Waals surface area contributed by atoms with Crippen LogP contribution in [-0.4, -0.2) is 5.91 Å². The molecule has 1 aromatic carbocycles. The predicted molar refractivity (Wildman–Crippen MR) is 77.8 cm³/mol. The van der Waals surface area contributed by atoms with Crippen LogP contribution in [0.15, 0.2) is 35.9 Å². The first-order valence-electron chi connectivity index (χ1n) is 6.45. The van der Waals surface area contributed by atoms with Crippen LogP contribution < -0.4 is 5.32 Å². The molecule has 1 rings (SSSR count). The smallest absolute Gasteiger partial charge is 0.251 e. The molecular weight excluding hydrogens is 222 g/mol. The van der Waals surface area contributed by atoms with Crippen LogP contribution >= 0.6 is 0 Å². The highest BCUT2D eigenvalue weighted by Gasteiger charge is 2.13. The van der Waals surface area contributed by atoms with Crippen molar-refractivity contribution in [3.8, 4) is 0 Å². The molecule has 2 nitrogen and oxygen atoms in total. The van der Waals surface area contributed by atoms with E-state index in [0.717, 1.165) is 17.7 Å². The van der Waals surface area contributed by atoms with Gasteiger partial charge in [-0.2, -0.15) is 0 Å². The fourth-order valence-electron chi connectivity index (χ4n) is 1.76. The van der Waals surface area contributed by atoms with Crippen molar-refractivity contribution < 1.29 is 4.79 Å². The molecule has 0 radical (unpaired) electrons. The van der Waals surface area contributed by atoms with E-state index in [2.05, 4.69) is 38.2 Å². The van der Waals surface area contributed by atoms with Crippen molar-refractivity contribution in [1.82, 2.24) is 0 Å². The Morgan fingerprint density at radius 3 is 2.17 bits per heavy atom. The van der Waals surface area contributed by atoms with Crippen molar-refractivity contribution >= 4 is 11.6 Å². The zero-order valence-corrected chi connectivity index (χ0v) is 12.0. The lowest BCUT2D eigenvalue weighted by Gasteiger charge is -2.19. The van der Waals surface area contributed by atoms with E-state index in [-0.39, 0.29) is 11.3 Å². The van der Waals surface area contributed by atoms with Gasteiger partial charge in [0, 0.05) is 11.3 Å². The molecule has 0 aromatic heterocycles. The molecule has 1 N–H and O–H groups in total. The first-order valence-corrected chi connectivity index (χ1v) is 6.45. The monoisotopic (exact) mass is 245 g/mol. The third kappa shape index (κ3) is 3.73. The van der Waals surface area contributed by atoms with Crippen LogP contribution in [0.2, 0.25) is 0 Å². The standard InChI is InChI=1S/C16H23NO/c1-6-12(7-2)15(18)17-14-10-8-13(9-11-14)16(3,4)5/h6,8-11H,7H2,1-5H3,(H,17,18)/b12-6+. The molecule has 0 aliphatic heterocycles. The quantitative estimate of drug-likeness (QED) is 0.791. The molecule has 0 aliphatic rings. The highest BCUT2D eigenvalue weighted by atomic mass is 16.1. The summed E-state index contributed by atoms with van der Waals surface area (Å²) < 4.78 is 0. The van der Waals surface area contributed by atoms with E-state index in [1.54, 1.807) is 0 Å². The number of hydrogen-bond acceptors (Lipinski definition) is 1. The Morgan fingerprint density at radius 2 is 1.78 bits per heavy atom. The largest absolute Gasteiger partial charge is 0.322 e. The van der Waals surface area contributed by atoms with Crippen molar-refractivity contribution in [2.45, 2.75) is 46.5 Å². The zero-order valence-electron chi connectivity index (χ0n) is 12.0. The Kier molecular flexibility index (Phi) is 4.71. The van der Waals surface area contributed by atoms with E-state index in [1.165, 1.54) is 5.56 Å². The van der Waals surface area contributed by atoms with Gasteiger partial charge < -0.3 is 5.32 Å². The lowest BCUT2D eigenvalue weighted by molar-refractivity contribution is -0.113. The Labute approximate surface area is 110 Å². The van der Waals surface area contributed by atoms with Gasteiger partial charge in [0.25, 0.3) is 5.91 Å². The normalized spacial score (nSPS) is 12.4. The molecule has 18 heavy (non-hydrogen) atoms. The molecule has 2 heteroatoms. The molecule has 0 fully saturated rings. The minimum atomic E-state index is -0.0106. The third-order valence-electron chi connectivity index (χ3n) is 3.03. The molecule has 1 aromatic rings. The van der Waals surface area contributed by atoms with Crippen molar-refractivity contribution in [1.29, 1.82) is 0 Å². The average molecular weight is 245 g/mol. The first-order chi connectivity index (χ1) is 8.38. The lowest BCUT2D eigenvalue weighted by atomic mass is 9.87. The lowest BCUT2D eigenvalue weighted by Crippen LogP contribution is -2.15. The molecule has 0 heterocycles. The fraction of sp³-hybridized carbons (Fsp3) is 0.438. The van der Waals surface area contributed by atoms with Gasteiger partial charge in [-0.25, -0.2) is 0 Å². The molecule has 0 spiro atoms. The summed E-state index contributed by atoms with van der Waals surface area (Å²) in [4.78, 5) is 11.9. The summed E-state index contributed by atoms with van der Waals surface area (Å²) in [6.45, 7) is 10.4. The molecule has 1 amide bonds. The Hall–Kier alpha value is -1.57. The van der Waals surface area contributed by atoms with Crippen LogP contribution in [-0.2, 0) is 10.2 Å². The van der Waals surface area contributed by atoms with Gasteiger partial charge in [0.05, 0.1) is 0 Å². The third-order valence-corrected chi connectivity index (χ3v) is 3.03. The maximum Gasteiger partial charge on any atom is 0.251 e. The zero-order chi connectivity index (χ0) is 13.8. The van der Waals surface area contributed by atoms with Crippen LogP contribution in [0.1, 0.15) is 46.6 Å². The van der Waals surface area contributed by atoms with Gasteiger partial charge in [0.1, 0.15) is 0 Å². The number of rotatable bonds is 3. The number of amides is 1. The molecule has 0 bridgehead atoms. The molecule has 0 aliphatic carbocycles. The van der Waals surface area contributed by atoms with Crippen molar-refractivity contribution in [3.05, 3.63) is 41.5 Å². The summed E-state index contributed by atoms with van der Waals surface area (Å²) in [7, 11) is 0. The van der Waals surface area contributed by atoms with E-state index in [4.69, 9.17) is 0 Å². The van der Waals surface area contributed by atoms with Gasteiger partial charge in [0.2, 0.25) is 0 Å². The maximum absolute atomic E-state index is 11.9. The number of hydrogen-bond donors (Lipinski definition) is 1. The minimum Gasteiger partial charge on any atom is -0.322 e. The minimum absolute atomic E-state index is 0.0106. The predicted octanol–water partition coefficient (Wildman–Crippen LogP) is 4.28. The number of carbonyl (C=O) groups is 1.